The van der Waals surface area contributed by atoms with E-state index in [1.165, 1.54) is 25.7 Å². The van der Waals surface area contributed by atoms with Crippen molar-refractivity contribution in [2.45, 2.75) is 51.6 Å². The molecule has 2 aliphatic rings. The average molecular weight is 195 g/mol. The molecule has 80 valence electrons. The molecule has 0 aromatic carbocycles. The molecular formula is C11H21N3. The Kier molecular flexibility index (Phi) is 2.94. The van der Waals surface area contributed by atoms with Crippen molar-refractivity contribution in [3.63, 3.8) is 0 Å². The molecule has 0 amide bonds. The van der Waals surface area contributed by atoms with Crippen LogP contribution in [0.5, 0.6) is 0 Å². The fourth-order valence-corrected chi connectivity index (χ4v) is 2.24. The molecule has 1 saturated carbocycles. The van der Waals surface area contributed by atoms with Crippen molar-refractivity contribution >= 4 is 5.96 Å². The lowest BCUT2D eigenvalue weighted by Gasteiger charge is -2.27. The van der Waals surface area contributed by atoms with Crippen LogP contribution >= 0.6 is 0 Å². The van der Waals surface area contributed by atoms with Crippen molar-refractivity contribution in [3.8, 4) is 0 Å². The Hall–Kier alpha value is -0.730. The highest BCUT2D eigenvalue weighted by Crippen LogP contribution is 2.23. The van der Waals surface area contributed by atoms with Gasteiger partial charge in [-0.2, -0.15) is 0 Å². The highest BCUT2D eigenvalue weighted by molar-refractivity contribution is 5.81. The summed E-state index contributed by atoms with van der Waals surface area (Å²) in [5.41, 5.74) is 0. The van der Waals surface area contributed by atoms with Crippen LogP contribution in [-0.4, -0.2) is 24.6 Å². The van der Waals surface area contributed by atoms with Gasteiger partial charge in [0.25, 0.3) is 0 Å². The monoisotopic (exact) mass is 195 g/mol. The van der Waals surface area contributed by atoms with E-state index in [4.69, 9.17) is 0 Å². The van der Waals surface area contributed by atoms with E-state index in [1.807, 2.05) is 0 Å². The van der Waals surface area contributed by atoms with Crippen LogP contribution in [0.15, 0.2) is 4.99 Å². The van der Waals surface area contributed by atoms with Gasteiger partial charge in [-0.1, -0.05) is 6.92 Å². The lowest BCUT2D eigenvalue weighted by atomic mass is 9.87. The van der Waals surface area contributed by atoms with Gasteiger partial charge < -0.3 is 10.6 Å². The molecule has 1 fully saturated rings. The number of nitrogens with one attached hydrogen (secondary N) is 2. The molecule has 3 nitrogen and oxygen atoms in total. The maximum Gasteiger partial charge on any atom is 0.191 e. The Morgan fingerprint density at radius 3 is 2.50 bits per heavy atom. The Balaban J connectivity index is 1.75. The largest absolute Gasteiger partial charge is 0.354 e. The standard InChI is InChI=1S/C11H21N3/c1-8-3-5-10(6-4-8)14-11-12-7-9(2)13-11/h8-10H,3-7H2,1-2H3,(H2,12,13,14). The van der Waals surface area contributed by atoms with Crippen molar-refractivity contribution in [2.24, 2.45) is 10.9 Å². The van der Waals surface area contributed by atoms with E-state index >= 15 is 0 Å². The third kappa shape index (κ3) is 2.40. The molecule has 0 radical (unpaired) electrons. The molecule has 0 bridgehead atoms. The molecule has 1 atom stereocenters. The molecule has 1 aliphatic heterocycles. The van der Waals surface area contributed by atoms with Crippen LogP contribution in [0.4, 0.5) is 0 Å². The number of hydrogen-bond acceptors (Lipinski definition) is 3. The summed E-state index contributed by atoms with van der Waals surface area (Å²) in [4.78, 5) is 4.42. The average Bonchev–Trinajstić information content (AvgIpc) is 2.56. The number of nitrogens with zero attached hydrogens (tertiary/aromatic N) is 1. The third-order valence-electron chi connectivity index (χ3n) is 3.26. The summed E-state index contributed by atoms with van der Waals surface area (Å²) in [5.74, 6) is 1.95. The zero-order valence-corrected chi connectivity index (χ0v) is 9.21. The topological polar surface area (TPSA) is 36.4 Å². The molecule has 14 heavy (non-hydrogen) atoms. The minimum atomic E-state index is 0.514. The second kappa shape index (κ2) is 4.20. The van der Waals surface area contributed by atoms with Crippen molar-refractivity contribution in [2.75, 3.05) is 6.54 Å². The van der Waals surface area contributed by atoms with Gasteiger partial charge in [0.15, 0.2) is 5.96 Å². The number of guanidine groups is 1. The zero-order chi connectivity index (χ0) is 9.97. The van der Waals surface area contributed by atoms with Gasteiger partial charge in [0.1, 0.15) is 0 Å². The third-order valence-corrected chi connectivity index (χ3v) is 3.26. The first-order valence-electron chi connectivity index (χ1n) is 5.81. The van der Waals surface area contributed by atoms with E-state index in [2.05, 4.69) is 29.5 Å². The summed E-state index contributed by atoms with van der Waals surface area (Å²) >= 11 is 0. The molecular weight excluding hydrogens is 174 g/mol. The molecule has 0 saturated heterocycles. The quantitative estimate of drug-likeness (QED) is 0.665. The number of rotatable bonds is 1. The fraction of sp³-hybridized carbons (Fsp3) is 0.909. The lowest BCUT2D eigenvalue weighted by molar-refractivity contribution is 0.329. The van der Waals surface area contributed by atoms with E-state index in [0.717, 1.165) is 18.4 Å². The summed E-state index contributed by atoms with van der Waals surface area (Å²) in [7, 11) is 0. The van der Waals surface area contributed by atoms with Gasteiger partial charge in [-0.3, -0.25) is 4.99 Å². The molecule has 1 aliphatic carbocycles. The van der Waals surface area contributed by atoms with Gasteiger partial charge in [0, 0.05) is 12.1 Å². The van der Waals surface area contributed by atoms with Crippen LogP contribution in [0.2, 0.25) is 0 Å². The molecule has 1 unspecified atom stereocenters. The van der Waals surface area contributed by atoms with Crippen LogP contribution in [0.1, 0.15) is 39.5 Å². The van der Waals surface area contributed by atoms with E-state index in [-0.39, 0.29) is 0 Å². The van der Waals surface area contributed by atoms with Gasteiger partial charge in [0.2, 0.25) is 0 Å². The maximum absolute atomic E-state index is 4.42. The first-order valence-corrected chi connectivity index (χ1v) is 5.81. The first-order chi connectivity index (χ1) is 6.74. The molecule has 3 heteroatoms. The smallest absolute Gasteiger partial charge is 0.191 e. The van der Waals surface area contributed by atoms with E-state index in [9.17, 15) is 0 Å². The summed E-state index contributed by atoms with van der Waals surface area (Å²) in [5, 5.41) is 6.86. The van der Waals surface area contributed by atoms with E-state index in [1.54, 1.807) is 0 Å². The zero-order valence-electron chi connectivity index (χ0n) is 9.21. The Labute approximate surface area is 86.4 Å². The van der Waals surface area contributed by atoms with Gasteiger partial charge >= 0.3 is 0 Å². The number of aliphatic imine (C=N–C) groups is 1. The summed E-state index contributed by atoms with van der Waals surface area (Å²) in [6.07, 6.45) is 5.33. The highest BCUT2D eigenvalue weighted by atomic mass is 15.2. The predicted molar refractivity (Wildman–Crippen MR) is 59.5 cm³/mol. The van der Waals surface area contributed by atoms with Gasteiger partial charge in [-0.05, 0) is 38.5 Å². The van der Waals surface area contributed by atoms with Crippen LogP contribution in [0.25, 0.3) is 0 Å². The molecule has 0 aromatic rings. The number of hydrogen-bond donors (Lipinski definition) is 2. The van der Waals surface area contributed by atoms with Crippen molar-refractivity contribution in [3.05, 3.63) is 0 Å². The van der Waals surface area contributed by atoms with Crippen LogP contribution in [0, 0.1) is 5.92 Å². The van der Waals surface area contributed by atoms with Crippen molar-refractivity contribution < 1.29 is 0 Å². The second-order valence-electron chi connectivity index (χ2n) is 4.84. The normalized spacial score (nSPS) is 37.6. The molecule has 0 aromatic heterocycles. The van der Waals surface area contributed by atoms with E-state index < -0.39 is 0 Å². The Morgan fingerprint density at radius 1 is 1.21 bits per heavy atom. The van der Waals surface area contributed by atoms with Crippen LogP contribution < -0.4 is 10.6 Å². The SMILES string of the molecule is CC1CCC(NC2=NCC(C)N2)CC1. The van der Waals surface area contributed by atoms with Gasteiger partial charge in [-0.15, -0.1) is 0 Å². The van der Waals surface area contributed by atoms with Crippen LogP contribution in [0.3, 0.4) is 0 Å². The highest BCUT2D eigenvalue weighted by Gasteiger charge is 2.21. The van der Waals surface area contributed by atoms with Gasteiger partial charge in [0.05, 0.1) is 6.54 Å². The molecule has 2 N–H and O–H groups in total. The summed E-state index contributed by atoms with van der Waals surface area (Å²) in [6.45, 7) is 5.44. The summed E-state index contributed by atoms with van der Waals surface area (Å²) < 4.78 is 0. The van der Waals surface area contributed by atoms with Crippen molar-refractivity contribution in [1.29, 1.82) is 0 Å². The van der Waals surface area contributed by atoms with Gasteiger partial charge in [-0.25, -0.2) is 0 Å². The fourth-order valence-electron chi connectivity index (χ4n) is 2.24. The molecule has 1 heterocycles. The minimum absolute atomic E-state index is 0.514. The second-order valence-corrected chi connectivity index (χ2v) is 4.84. The van der Waals surface area contributed by atoms with E-state index in [0.29, 0.717) is 12.1 Å². The van der Waals surface area contributed by atoms with Crippen molar-refractivity contribution in [1.82, 2.24) is 10.6 Å². The maximum atomic E-state index is 4.42. The molecule has 2 rings (SSSR count). The lowest BCUT2D eigenvalue weighted by Crippen LogP contribution is -2.44. The predicted octanol–water partition coefficient (Wildman–Crippen LogP) is 1.50. The molecule has 0 spiro atoms. The minimum Gasteiger partial charge on any atom is -0.354 e. The van der Waals surface area contributed by atoms with Crippen LogP contribution in [-0.2, 0) is 0 Å². The Bertz CT molecular complexity index is 217. The first kappa shape index (κ1) is 9.81. The summed E-state index contributed by atoms with van der Waals surface area (Å²) in [6, 6.07) is 1.17. The Morgan fingerprint density at radius 2 is 1.93 bits per heavy atom.